The van der Waals surface area contributed by atoms with Gasteiger partial charge in [0.2, 0.25) is 0 Å². The Morgan fingerprint density at radius 2 is 1.90 bits per heavy atom. The third-order valence-corrected chi connectivity index (χ3v) is 5.75. The van der Waals surface area contributed by atoms with E-state index >= 15 is 0 Å². The summed E-state index contributed by atoms with van der Waals surface area (Å²) in [6.45, 7) is 0.583. The summed E-state index contributed by atoms with van der Waals surface area (Å²) in [5, 5.41) is -0.0326. The second-order valence-corrected chi connectivity index (χ2v) is 7.74. The minimum absolute atomic E-state index is 0.0326. The van der Waals surface area contributed by atoms with Crippen LogP contribution in [0.4, 0.5) is 27.6 Å². The Hall–Kier alpha value is -2.43. The van der Waals surface area contributed by atoms with Crippen molar-refractivity contribution in [2.24, 2.45) is 11.7 Å². The SMILES string of the molecule is Cc1c(N2CC(F)C(C(N)C(F)(F)F)C2)c(F)cc2c(=O)[nH]c(=O)n(C3CC3)c12. The Morgan fingerprint density at radius 3 is 2.48 bits per heavy atom. The molecule has 11 heteroatoms. The molecule has 2 aliphatic rings. The molecule has 2 aromatic rings. The summed E-state index contributed by atoms with van der Waals surface area (Å²) in [6.07, 6.45) is -5.24. The van der Waals surface area contributed by atoms with Crippen molar-refractivity contribution in [3.05, 3.63) is 38.3 Å². The van der Waals surface area contributed by atoms with Crippen molar-refractivity contribution in [3.8, 4) is 0 Å². The molecular weight excluding hydrogens is 399 g/mol. The van der Waals surface area contributed by atoms with Crippen molar-refractivity contribution in [3.63, 3.8) is 0 Å². The molecule has 3 unspecified atom stereocenters. The van der Waals surface area contributed by atoms with E-state index in [0.29, 0.717) is 12.8 Å². The van der Waals surface area contributed by atoms with Crippen LogP contribution in [0.1, 0.15) is 24.4 Å². The number of fused-ring (bicyclic) bond motifs is 1. The van der Waals surface area contributed by atoms with E-state index in [1.807, 2.05) is 0 Å². The average molecular weight is 418 g/mol. The van der Waals surface area contributed by atoms with Gasteiger partial charge in [0.05, 0.1) is 16.6 Å². The summed E-state index contributed by atoms with van der Waals surface area (Å²) in [5.41, 5.74) is 4.12. The van der Waals surface area contributed by atoms with Gasteiger partial charge in [0.25, 0.3) is 5.56 Å². The molecular formula is C18H19F5N4O2. The largest absolute Gasteiger partial charge is 0.404 e. The molecule has 1 aliphatic heterocycles. The Bertz CT molecular complexity index is 1090. The first-order valence-corrected chi connectivity index (χ1v) is 9.19. The van der Waals surface area contributed by atoms with Crippen LogP contribution in [0.2, 0.25) is 0 Å². The topological polar surface area (TPSA) is 84.1 Å². The van der Waals surface area contributed by atoms with Crippen LogP contribution in [-0.4, -0.2) is 41.0 Å². The number of nitrogens with zero attached hydrogens (tertiary/aromatic N) is 2. The molecule has 0 bridgehead atoms. The minimum Gasteiger partial charge on any atom is -0.366 e. The number of hydrogen-bond acceptors (Lipinski definition) is 4. The van der Waals surface area contributed by atoms with Crippen molar-refractivity contribution < 1.29 is 22.0 Å². The molecule has 1 aromatic heterocycles. The molecule has 0 radical (unpaired) electrons. The van der Waals surface area contributed by atoms with E-state index in [1.54, 1.807) is 0 Å². The number of halogens is 5. The number of benzene rings is 1. The van der Waals surface area contributed by atoms with E-state index < -0.39 is 54.5 Å². The molecule has 0 amide bonds. The molecule has 3 N–H and O–H groups in total. The van der Waals surface area contributed by atoms with Crippen LogP contribution in [0.15, 0.2) is 15.7 Å². The van der Waals surface area contributed by atoms with Crippen LogP contribution in [0, 0.1) is 18.7 Å². The average Bonchev–Trinajstić information content (AvgIpc) is 3.37. The summed E-state index contributed by atoms with van der Waals surface area (Å²) in [5.74, 6) is -2.41. The summed E-state index contributed by atoms with van der Waals surface area (Å²) in [6, 6.07) is -1.57. The van der Waals surface area contributed by atoms with Gasteiger partial charge in [-0.25, -0.2) is 13.6 Å². The fourth-order valence-corrected chi connectivity index (χ4v) is 4.19. The molecule has 158 valence electrons. The first-order valence-electron chi connectivity index (χ1n) is 9.19. The number of H-pyrrole nitrogens is 1. The lowest BCUT2D eigenvalue weighted by molar-refractivity contribution is -0.161. The first-order chi connectivity index (χ1) is 13.5. The van der Waals surface area contributed by atoms with Crippen LogP contribution < -0.4 is 21.9 Å². The zero-order chi connectivity index (χ0) is 21.2. The van der Waals surface area contributed by atoms with Crippen LogP contribution in [0.25, 0.3) is 10.9 Å². The smallest absolute Gasteiger partial charge is 0.366 e. The number of aromatic nitrogens is 2. The number of nitrogens with one attached hydrogen (secondary N) is 1. The lowest BCUT2D eigenvalue weighted by Crippen LogP contribution is -2.47. The van der Waals surface area contributed by atoms with E-state index in [9.17, 15) is 31.5 Å². The van der Waals surface area contributed by atoms with Crippen LogP contribution in [0.3, 0.4) is 0 Å². The quantitative estimate of drug-likeness (QED) is 0.749. The van der Waals surface area contributed by atoms with Crippen LogP contribution >= 0.6 is 0 Å². The first kappa shape index (κ1) is 19.9. The maximum atomic E-state index is 14.9. The Kier molecular flexibility index (Phi) is 4.48. The van der Waals surface area contributed by atoms with E-state index in [0.717, 1.165) is 6.07 Å². The van der Waals surface area contributed by atoms with Gasteiger partial charge in [0.1, 0.15) is 18.0 Å². The standard InChI is InChI=1S/C18H19F5N4O2/c1-7-13-9(16(28)25-17(29)27(13)8-2-3-8)4-11(19)14(7)26-5-10(12(20)6-26)15(24)18(21,22)23/h4,8,10,12,15H,2-3,5-6,24H2,1H3,(H,25,28,29). The highest BCUT2D eigenvalue weighted by Gasteiger charge is 2.49. The fraction of sp³-hybridized carbons (Fsp3) is 0.556. The third kappa shape index (κ3) is 3.21. The molecule has 4 rings (SSSR count). The fourth-order valence-electron chi connectivity index (χ4n) is 4.19. The third-order valence-electron chi connectivity index (χ3n) is 5.75. The van der Waals surface area contributed by atoms with E-state index in [2.05, 4.69) is 4.98 Å². The van der Waals surface area contributed by atoms with E-state index in [-0.39, 0.29) is 28.2 Å². The second-order valence-electron chi connectivity index (χ2n) is 7.74. The molecule has 6 nitrogen and oxygen atoms in total. The van der Waals surface area contributed by atoms with Gasteiger partial charge in [-0.15, -0.1) is 0 Å². The Balaban J connectivity index is 1.84. The van der Waals surface area contributed by atoms with Crippen molar-refractivity contribution in [1.29, 1.82) is 0 Å². The van der Waals surface area contributed by atoms with Gasteiger partial charge >= 0.3 is 11.9 Å². The second kappa shape index (κ2) is 6.54. The summed E-state index contributed by atoms with van der Waals surface area (Å²) in [7, 11) is 0. The molecule has 29 heavy (non-hydrogen) atoms. The highest BCUT2D eigenvalue weighted by Crippen LogP contribution is 2.40. The molecule has 1 aromatic carbocycles. The molecule has 1 saturated carbocycles. The predicted octanol–water partition coefficient (Wildman–Crippen LogP) is 2.14. The molecule has 0 spiro atoms. The molecule has 3 atom stereocenters. The molecule has 2 heterocycles. The van der Waals surface area contributed by atoms with Gasteiger partial charge < -0.3 is 10.6 Å². The highest BCUT2D eigenvalue weighted by atomic mass is 19.4. The molecule has 1 saturated heterocycles. The number of aryl methyl sites for hydroxylation is 1. The van der Waals surface area contributed by atoms with Crippen LogP contribution in [0.5, 0.6) is 0 Å². The van der Waals surface area contributed by atoms with E-state index in [1.165, 1.54) is 16.4 Å². The zero-order valence-electron chi connectivity index (χ0n) is 15.4. The zero-order valence-corrected chi connectivity index (χ0v) is 15.4. The van der Waals surface area contributed by atoms with Gasteiger partial charge in [-0.05, 0) is 25.8 Å². The van der Waals surface area contributed by atoms with Crippen molar-refractivity contribution in [1.82, 2.24) is 9.55 Å². The van der Waals surface area contributed by atoms with Gasteiger partial charge in [0.15, 0.2) is 0 Å². The maximum absolute atomic E-state index is 14.9. The molecule has 2 fully saturated rings. The minimum atomic E-state index is -4.78. The lowest BCUT2D eigenvalue weighted by Gasteiger charge is -2.25. The van der Waals surface area contributed by atoms with Crippen LogP contribution in [-0.2, 0) is 0 Å². The highest BCUT2D eigenvalue weighted by molar-refractivity contribution is 5.87. The Labute approximate surface area is 161 Å². The van der Waals surface area contributed by atoms with Gasteiger partial charge in [-0.3, -0.25) is 14.3 Å². The maximum Gasteiger partial charge on any atom is 0.404 e. The predicted molar refractivity (Wildman–Crippen MR) is 96.4 cm³/mol. The summed E-state index contributed by atoms with van der Waals surface area (Å²) < 4.78 is 69.5. The number of rotatable bonds is 3. The number of nitrogens with two attached hydrogens (primary N) is 1. The van der Waals surface area contributed by atoms with Gasteiger partial charge in [-0.1, -0.05) is 0 Å². The summed E-state index contributed by atoms with van der Waals surface area (Å²) >= 11 is 0. The molecule has 1 aliphatic carbocycles. The lowest BCUT2D eigenvalue weighted by atomic mass is 9.98. The number of aromatic amines is 1. The normalized spacial score (nSPS) is 23.8. The Morgan fingerprint density at radius 1 is 1.24 bits per heavy atom. The summed E-state index contributed by atoms with van der Waals surface area (Å²) in [4.78, 5) is 27.8. The van der Waals surface area contributed by atoms with Crippen molar-refractivity contribution >= 4 is 16.6 Å². The monoisotopic (exact) mass is 418 g/mol. The number of hydrogen-bond donors (Lipinski definition) is 2. The number of alkyl halides is 4. The van der Waals surface area contributed by atoms with Crippen molar-refractivity contribution in [2.75, 3.05) is 18.0 Å². The van der Waals surface area contributed by atoms with E-state index in [4.69, 9.17) is 5.73 Å². The van der Waals surface area contributed by atoms with Gasteiger partial charge in [-0.2, -0.15) is 13.2 Å². The van der Waals surface area contributed by atoms with Gasteiger partial charge in [0, 0.05) is 30.6 Å². The van der Waals surface area contributed by atoms with Crippen molar-refractivity contribution in [2.45, 2.75) is 44.2 Å². The number of anilines is 1.